The van der Waals surface area contributed by atoms with Gasteiger partial charge in [0.15, 0.2) is 5.76 Å². The number of alkyl halides is 3. The first-order chi connectivity index (χ1) is 9.40. The van der Waals surface area contributed by atoms with Gasteiger partial charge in [0.05, 0.1) is 12.1 Å². The van der Waals surface area contributed by atoms with Crippen molar-refractivity contribution in [2.24, 2.45) is 5.73 Å². The molecular formula is C13H11F3N2O2. The van der Waals surface area contributed by atoms with E-state index in [0.717, 1.165) is 12.1 Å². The number of nitrogens with two attached hydrogens (primary N) is 1. The fraction of sp³-hybridized carbons (Fsp3) is 0.154. The van der Waals surface area contributed by atoms with Gasteiger partial charge in [-0.2, -0.15) is 13.2 Å². The first kappa shape index (κ1) is 14.1. The summed E-state index contributed by atoms with van der Waals surface area (Å²) in [5.74, 6) is -0.230. The van der Waals surface area contributed by atoms with Crippen molar-refractivity contribution < 1.29 is 22.4 Å². The molecule has 106 valence electrons. The van der Waals surface area contributed by atoms with E-state index in [0.29, 0.717) is 5.76 Å². The number of benzene rings is 1. The smallest absolute Gasteiger partial charge is 0.416 e. The first-order valence-corrected chi connectivity index (χ1v) is 5.67. The normalized spacial score (nSPS) is 11.4. The van der Waals surface area contributed by atoms with E-state index in [1.807, 2.05) is 0 Å². The number of carbonyl (C=O) groups excluding carboxylic acids is 1. The average molecular weight is 284 g/mol. The summed E-state index contributed by atoms with van der Waals surface area (Å²) in [4.78, 5) is 11.8. The molecule has 0 spiro atoms. The Labute approximate surface area is 112 Å². The quantitative estimate of drug-likeness (QED) is 0.910. The Hall–Kier alpha value is -2.28. The molecule has 0 aliphatic carbocycles. The minimum absolute atomic E-state index is 0.0112. The monoisotopic (exact) mass is 284 g/mol. The van der Waals surface area contributed by atoms with Crippen LogP contribution in [0.4, 0.5) is 18.9 Å². The van der Waals surface area contributed by atoms with Crippen molar-refractivity contribution in [2.75, 3.05) is 5.32 Å². The van der Waals surface area contributed by atoms with E-state index in [1.54, 1.807) is 0 Å². The van der Waals surface area contributed by atoms with Crippen LogP contribution in [0.5, 0.6) is 0 Å². The van der Waals surface area contributed by atoms with Crippen molar-refractivity contribution in [3.8, 4) is 0 Å². The highest BCUT2D eigenvalue weighted by Crippen LogP contribution is 2.30. The summed E-state index contributed by atoms with van der Waals surface area (Å²) in [6.45, 7) is 0.136. The second-order valence-corrected chi connectivity index (χ2v) is 4.00. The van der Waals surface area contributed by atoms with Crippen molar-refractivity contribution in [1.82, 2.24) is 0 Å². The van der Waals surface area contributed by atoms with Crippen molar-refractivity contribution in [3.05, 3.63) is 53.5 Å². The SMILES string of the molecule is NCc1ccc(C(=O)Nc2cccc(C(F)(F)F)c2)o1. The van der Waals surface area contributed by atoms with Crippen LogP contribution in [0.15, 0.2) is 40.8 Å². The highest BCUT2D eigenvalue weighted by atomic mass is 19.4. The summed E-state index contributed by atoms with van der Waals surface area (Å²) < 4.78 is 42.7. The minimum Gasteiger partial charge on any atom is -0.455 e. The number of amides is 1. The molecular weight excluding hydrogens is 273 g/mol. The largest absolute Gasteiger partial charge is 0.455 e. The molecule has 1 aromatic heterocycles. The minimum atomic E-state index is -4.46. The van der Waals surface area contributed by atoms with Crippen LogP contribution in [0.1, 0.15) is 21.9 Å². The predicted molar refractivity (Wildman–Crippen MR) is 66.0 cm³/mol. The van der Waals surface area contributed by atoms with Crippen molar-refractivity contribution in [3.63, 3.8) is 0 Å². The van der Waals surface area contributed by atoms with Gasteiger partial charge in [0.1, 0.15) is 5.76 Å². The van der Waals surface area contributed by atoms with E-state index in [4.69, 9.17) is 10.2 Å². The zero-order valence-corrected chi connectivity index (χ0v) is 10.2. The molecule has 1 heterocycles. The van der Waals surface area contributed by atoms with Crippen LogP contribution in [0, 0.1) is 0 Å². The molecule has 20 heavy (non-hydrogen) atoms. The standard InChI is InChI=1S/C13H11F3N2O2/c14-13(15,16)8-2-1-3-9(6-8)18-12(19)11-5-4-10(7-17)20-11/h1-6H,7,17H2,(H,18,19). The number of anilines is 1. The van der Waals surface area contributed by atoms with E-state index in [1.165, 1.54) is 24.3 Å². The molecule has 0 unspecified atom stereocenters. The zero-order chi connectivity index (χ0) is 14.8. The van der Waals surface area contributed by atoms with E-state index in [9.17, 15) is 18.0 Å². The fourth-order valence-electron chi connectivity index (χ4n) is 1.58. The molecule has 1 amide bonds. The molecule has 3 N–H and O–H groups in total. The first-order valence-electron chi connectivity index (χ1n) is 5.67. The van der Waals surface area contributed by atoms with Gasteiger partial charge in [0.2, 0.25) is 0 Å². The van der Waals surface area contributed by atoms with Gasteiger partial charge in [0.25, 0.3) is 5.91 Å². The Morgan fingerprint density at radius 1 is 1.25 bits per heavy atom. The Bertz CT molecular complexity index is 620. The van der Waals surface area contributed by atoms with Gasteiger partial charge in [0, 0.05) is 5.69 Å². The van der Waals surface area contributed by atoms with Crippen molar-refractivity contribution in [1.29, 1.82) is 0 Å². The van der Waals surface area contributed by atoms with E-state index < -0.39 is 17.6 Å². The molecule has 7 heteroatoms. The van der Waals surface area contributed by atoms with Crippen LogP contribution in [0.3, 0.4) is 0 Å². The van der Waals surface area contributed by atoms with Gasteiger partial charge < -0.3 is 15.5 Å². The maximum Gasteiger partial charge on any atom is 0.416 e. The summed E-state index contributed by atoms with van der Waals surface area (Å²) in [5.41, 5.74) is 4.53. The third-order valence-corrected chi connectivity index (χ3v) is 2.53. The second-order valence-electron chi connectivity index (χ2n) is 4.00. The predicted octanol–water partition coefficient (Wildman–Crippen LogP) is 3.01. The van der Waals surface area contributed by atoms with Gasteiger partial charge in [-0.05, 0) is 30.3 Å². The lowest BCUT2D eigenvalue weighted by atomic mass is 10.2. The number of halogens is 3. The molecule has 0 aliphatic rings. The molecule has 2 aromatic rings. The Morgan fingerprint density at radius 3 is 2.60 bits per heavy atom. The second kappa shape index (κ2) is 5.38. The van der Waals surface area contributed by atoms with Crippen LogP contribution in [0.2, 0.25) is 0 Å². The third-order valence-electron chi connectivity index (χ3n) is 2.53. The zero-order valence-electron chi connectivity index (χ0n) is 10.2. The highest BCUT2D eigenvalue weighted by molar-refractivity contribution is 6.02. The molecule has 0 fully saturated rings. The Balaban J connectivity index is 2.15. The fourth-order valence-corrected chi connectivity index (χ4v) is 1.58. The number of rotatable bonds is 3. The lowest BCUT2D eigenvalue weighted by Gasteiger charge is -2.09. The number of hydrogen-bond donors (Lipinski definition) is 2. The summed E-state index contributed by atoms with van der Waals surface area (Å²) in [6, 6.07) is 7.29. The molecule has 2 rings (SSSR count). The lowest BCUT2D eigenvalue weighted by molar-refractivity contribution is -0.137. The molecule has 4 nitrogen and oxygen atoms in total. The molecule has 0 aliphatic heterocycles. The molecule has 0 saturated heterocycles. The molecule has 1 aromatic carbocycles. The van der Waals surface area contributed by atoms with Crippen LogP contribution in [-0.2, 0) is 12.7 Å². The Morgan fingerprint density at radius 2 is 2.00 bits per heavy atom. The van der Waals surface area contributed by atoms with Crippen LogP contribution in [0.25, 0.3) is 0 Å². The van der Waals surface area contributed by atoms with E-state index in [2.05, 4.69) is 5.32 Å². The Kier molecular flexibility index (Phi) is 3.80. The summed E-state index contributed by atoms with van der Waals surface area (Å²) in [5, 5.41) is 2.33. The molecule has 0 atom stereocenters. The summed E-state index contributed by atoms with van der Waals surface area (Å²) in [6.07, 6.45) is -4.46. The van der Waals surface area contributed by atoms with Gasteiger partial charge >= 0.3 is 6.18 Å². The van der Waals surface area contributed by atoms with E-state index >= 15 is 0 Å². The summed E-state index contributed by atoms with van der Waals surface area (Å²) >= 11 is 0. The van der Waals surface area contributed by atoms with Crippen LogP contribution >= 0.6 is 0 Å². The van der Waals surface area contributed by atoms with Crippen LogP contribution in [-0.4, -0.2) is 5.91 Å². The highest BCUT2D eigenvalue weighted by Gasteiger charge is 2.30. The van der Waals surface area contributed by atoms with Gasteiger partial charge in [-0.25, -0.2) is 0 Å². The van der Waals surface area contributed by atoms with Gasteiger partial charge in [-0.1, -0.05) is 6.07 Å². The van der Waals surface area contributed by atoms with Crippen molar-refractivity contribution in [2.45, 2.75) is 12.7 Å². The van der Waals surface area contributed by atoms with Gasteiger partial charge in [-0.3, -0.25) is 4.79 Å². The molecule has 0 bridgehead atoms. The number of hydrogen-bond acceptors (Lipinski definition) is 3. The lowest BCUT2D eigenvalue weighted by Crippen LogP contribution is -2.12. The maximum absolute atomic E-state index is 12.5. The topological polar surface area (TPSA) is 68.3 Å². The van der Waals surface area contributed by atoms with Gasteiger partial charge in [-0.15, -0.1) is 0 Å². The number of nitrogens with one attached hydrogen (secondary N) is 1. The number of carbonyl (C=O) groups is 1. The number of furan rings is 1. The summed E-state index contributed by atoms with van der Waals surface area (Å²) in [7, 11) is 0. The average Bonchev–Trinajstić information content (AvgIpc) is 2.87. The van der Waals surface area contributed by atoms with Crippen molar-refractivity contribution >= 4 is 11.6 Å². The van der Waals surface area contributed by atoms with E-state index in [-0.39, 0.29) is 18.0 Å². The molecule has 0 radical (unpaired) electrons. The molecule has 0 saturated carbocycles. The third kappa shape index (κ3) is 3.18. The van der Waals surface area contributed by atoms with Crippen LogP contribution < -0.4 is 11.1 Å². The maximum atomic E-state index is 12.5.